The average Bonchev–Trinajstić information content (AvgIpc) is 2.78. The van der Waals surface area contributed by atoms with Crippen molar-refractivity contribution in [3.63, 3.8) is 0 Å². The second-order valence-electron chi connectivity index (χ2n) is 9.55. The highest BCUT2D eigenvalue weighted by Crippen LogP contribution is 2.30. The Morgan fingerprint density at radius 2 is 1.75 bits per heavy atom. The molecule has 1 atom stereocenters. The normalized spacial score (nSPS) is 15.2. The highest BCUT2D eigenvalue weighted by atomic mass is 16.2. The van der Waals surface area contributed by atoms with Crippen molar-refractivity contribution in [2.75, 3.05) is 4.90 Å². The fourth-order valence-corrected chi connectivity index (χ4v) is 3.91. The van der Waals surface area contributed by atoms with E-state index >= 15 is 0 Å². The van der Waals surface area contributed by atoms with E-state index in [2.05, 4.69) is 44.9 Å². The number of aromatic nitrogens is 1. The summed E-state index contributed by atoms with van der Waals surface area (Å²) in [7, 11) is 0. The van der Waals surface area contributed by atoms with E-state index in [-0.39, 0.29) is 17.4 Å². The highest BCUT2D eigenvalue weighted by molar-refractivity contribution is 5.93. The molecule has 1 aromatic carbocycles. The lowest BCUT2D eigenvalue weighted by molar-refractivity contribution is -0.125. The molecule has 0 saturated heterocycles. The zero-order valence-corrected chi connectivity index (χ0v) is 20.3. The molecule has 32 heavy (non-hydrogen) atoms. The maximum Gasteiger partial charge on any atom is 0.248 e. The predicted molar refractivity (Wildman–Crippen MR) is 132 cm³/mol. The summed E-state index contributed by atoms with van der Waals surface area (Å²) in [5.41, 5.74) is 2.59. The quantitative estimate of drug-likeness (QED) is 0.568. The first-order chi connectivity index (χ1) is 15.3. The summed E-state index contributed by atoms with van der Waals surface area (Å²) in [5.74, 6) is -0.156. The number of nitrogens with zero attached hydrogens (tertiary/aromatic N) is 2. The van der Waals surface area contributed by atoms with Gasteiger partial charge in [0, 0.05) is 29.7 Å². The number of benzene rings is 1. The van der Waals surface area contributed by atoms with Crippen LogP contribution in [0.25, 0.3) is 0 Å². The summed E-state index contributed by atoms with van der Waals surface area (Å²) in [5, 5.41) is 3.17. The predicted octanol–water partition coefficient (Wildman–Crippen LogP) is 5.95. The SMILES string of the molecule is CC(C)(C)c1ccc(N(C=O)C(C(=O)NC2CCCCC2)c2cccnc2)cc1.CCC. The zero-order valence-electron chi connectivity index (χ0n) is 20.3. The van der Waals surface area contributed by atoms with E-state index in [1.54, 1.807) is 18.5 Å². The Morgan fingerprint density at radius 3 is 2.25 bits per heavy atom. The third kappa shape index (κ3) is 7.18. The van der Waals surface area contributed by atoms with Crippen LogP contribution in [-0.4, -0.2) is 23.3 Å². The third-order valence-corrected chi connectivity index (χ3v) is 5.62. The van der Waals surface area contributed by atoms with Crippen molar-refractivity contribution < 1.29 is 9.59 Å². The molecule has 1 aromatic heterocycles. The van der Waals surface area contributed by atoms with Crippen molar-refractivity contribution >= 4 is 18.0 Å². The average molecular weight is 438 g/mol. The molecule has 3 rings (SSSR count). The van der Waals surface area contributed by atoms with Gasteiger partial charge in [0.15, 0.2) is 0 Å². The molecule has 0 aliphatic heterocycles. The van der Waals surface area contributed by atoms with E-state index < -0.39 is 6.04 Å². The van der Waals surface area contributed by atoms with Crippen LogP contribution in [-0.2, 0) is 15.0 Å². The lowest BCUT2D eigenvalue weighted by Crippen LogP contribution is -2.45. The number of hydrogen-bond acceptors (Lipinski definition) is 3. The van der Waals surface area contributed by atoms with E-state index in [0.717, 1.165) is 32.1 Å². The largest absolute Gasteiger partial charge is 0.351 e. The van der Waals surface area contributed by atoms with Gasteiger partial charge in [-0.2, -0.15) is 0 Å². The number of amides is 2. The van der Waals surface area contributed by atoms with Crippen LogP contribution in [0, 0.1) is 0 Å². The number of carbonyl (C=O) groups excluding carboxylic acids is 2. The molecule has 1 N–H and O–H groups in total. The number of rotatable bonds is 6. The van der Waals surface area contributed by atoms with Gasteiger partial charge in [0.25, 0.3) is 0 Å². The van der Waals surface area contributed by atoms with Crippen molar-refractivity contribution in [2.24, 2.45) is 0 Å². The number of pyridine rings is 1. The summed E-state index contributed by atoms with van der Waals surface area (Å²) in [6.45, 7) is 10.7. The zero-order chi connectivity index (χ0) is 23.6. The Morgan fingerprint density at radius 1 is 1.12 bits per heavy atom. The van der Waals surface area contributed by atoms with Crippen LogP contribution in [0.2, 0.25) is 0 Å². The molecular weight excluding hydrogens is 398 g/mol. The van der Waals surface area contributed by atoms with Gasteiger partial charge in [-0.25, -0.2) is 0 Å². The van der Waals surface area contributed by atoms with Gasteiger partial charge >= 0.3 is 0 Å². The molecule has 1 unspecified atom stereocenters. The molecule has 1 aliphatic rings. The lowest BCUT2D eigenvalue weighted by Gasteiger charge is -2.31. The van der Waals surface area contributed by atoms with Crippen molar-refractivity contribution in [1.29, 1.82) is 0 Å². The van der Waals surface area contributed by atoms with E-state index in [4.69, 9.17) is 0 Å². The third-order valence-electron chi connectivity index (χ3n) is 5.62. The molecule has 2 aromatic rings. The van der Waals surface area contributed by atoms with Crippen molar-refractivity contribution in [3.8, 4) is 0 Å². The minimum absolute atomic E-state index is 0.0195. The summed E-state index contributed by atoms with van der Waals surface area (Å²) in [4.78, 5) is 31.1. The van der Waals surface area contributed by atoms with Gasteiger partial charge in [0.2, 0.25) is 12.3 Å². The number of anilines is 1. The number of nitrogens with one attached hydrogen (secondary N) is 1. The summed E-state index contributed by atoms with van der Waals surface area (Å²) in [6, 6.07) is 10.9. The van der Waals surface area contributed by atoms with Gasteiger partial charge in [0.05, 0.1) is 0 Å². The van der Waals surface area contributed by atoms with Gasteiger partial charge in [-0.1, -0.05) is 78.5 Å². The molecule has 174 valence electrons. The Bertz CT molecular complexity index is 822. The van der Waals surface area contributed by atoms with Gasteiger partial charge in [-0.3, -0.25) is 19.5 Å². The van der Waals surface area contributed by atoms with Crippen LogP contribution in [0.4, 0.5) is 5.69 Å². The molecule has 0 spiro atoms. The Hall–Kier alpha value is -2.69. The molecule has 0 radical (unpaired) electrons. The minimum atomic E-state index is -0.747. The molecule has 1 heterocycles. The molecule has 2 amide bonds. The van der Waals surface area contributed by atoms with Crippen LogP contribution in [0.1, 0.15) is 90.3 Å². The summed E-state index contributed by atoms with van der Waals surface area (Å²) >= 11 is 0. The Balaban J connectivity index is 0.00000114. The van der Waals surface area contributed by atoms with Crippen LogP contribution in [0.3, 0.4) is 0 Å². The van der Waals surface area contributed by atoms with Gasteiger partial charge in [0.1, 0.15) is 6.04 Å². The lowest BCUT2D eigenvalue weighted by atomic mass is 9.87. The Labute approximate surface area is 193 Å². The topological polar surface area (TPSA) is 62.3 Å². The monoisotopic (exact) mass is 437 g/mol. The van der Waals surface area contributed by atoms with Crippen molar-refractivity contribution in [1.82, 2.24) is 10.3 Å². The van der Waals surface area contributed by atoms with E-state index in [1.807, 2.05) is 30.3 Å². The number of hydrogen-bond donors (Lipinski definition) is 1. The van der Waals surface area contributed by atoms with Gasteiger partial charge < -0.3 is 5.32 Å². The maximum atomic E-state index is 13.3. The van der Waals surface area contributed by atoms with Crippen molar-refractivity contribution in [3.05, 3.63) is 59.9 Å². The first-order valence-electron chi connectivity index (χ1n) is 11.9. The van der Waals surface area contributed by atoms with E-state index in [0.29, 0.717) is 11.3 Å². The van der Waals surface area contributed by atoms with Crippen LogP contribution in [0.15, 0.2) is 48.8 Å². The molecule has 5 heteroatoms. The summed E-state index contributed by atoms with van der Waals surface area (Å²) in [6.07, 6.45) is 10.8. The molecule has 1 saturated carbocycles. The Kier molecular flexibility index (Phi) is 9.89. The van der Waals surface area contributed by atoms with Crippen molar-refractivity contribution in [2.45, 2.75) is 90.6 Å². The first kappa shape index (κ1) is 25.6. The molecular formula is C27H39N3O2. The second kappa shape index (κ2) is 12.4. The highest BCUT2D eigenvalue weighted by Gasteiger charge is 2.30. The van der Waals surface area contributed by atoms with Crippen LogP contribution < -0.4 is 10.2 Å². The van der Waals surface area contributed by atoms with Gasteiger partial charge in [-0.05, 0) is 42.0 Å². The fraction of sp³-hybridized carbons (Fsp3) is 0.519. The molecule has 0 bridgehead atoms. The standard InChI is InChI=1S/C24H31N3O2.C3H8/c1-24(2,3)19-11-13-21(14-12-19)27(17-28)22(18-8-7-15-25-16-18)23(29)26-20-9-5-4-6-10-20;1-3-2/h7-8,11-17,20,22H,4-6,9-10H2,1-3H3,(H,26,29);3H2,1-2H3. The fourth-order valence-electron chi connectivity index (χ4n) is 3.91. The number of carbonyl (C=O) groups is 2. The molecule has 5 nitrogen and oxygen atoms in total. The molecule has 1 aliphatic carbocycles. The summed E-state index contributed by atoms with van der Waals surface area (Å²) < 4.78 is 0. The molecule has 1 fully saturated rings. The minimum Gasteiger partial charge on any atom is -0.351 e. The van der Waals surface area contributed by atoms with E-state index in [1.165, 1.54) is 23.3 Å². The second-order valence-corrected chi connectivity index (χ2v) is 9.55. The van der Waals surface area contributed by atoms with E-state index in [9.17, 15) is 9.59 Å². The van der Waals surface area contributed by atoms with Gasteiger partial charge in [-0.15, -0.1) is 0 Å². The smallest absolute Gasteiger partial charge is 0.248 e. The first-order valence-corrected chi connectivity index (χ1v) is 11.9. The maximum absolute atomic E-state index is 13.3. The van der Waals surface area contributed by atoms with Crippen LogP contribution in [0.5, 0.6) is 0 Å². The van der Waals surface area contributed by atoms with Crippen LogP contribution >= 0.6 is 0 Å².